The van der Waals surface area contributed by atoms with Crippen molar-refractivity contribution < 1.29 is 5.11 Å². The van der Waals surface area contributed by atoms with E-state index in [0.29, 0.717) is 0 Å². The highest BCUT2D eigenvalue weighted by atomic mass is 16.3. The summed E-state index contributed by atoms with van der Waals surface area (Å²) in [7, 11) is 0. The van der Waals surface area contributed by atoms with Gasteiger partial charge in [0.1, 0.15) is 0 Å². The Hall–Kier alpha value is -0.800. The molecular weight excluding hydrogens is 188 g/mol. The van der Waals surface area contributed by atoms with Gasteiger partial charge in [-0.1, -0.05) is 13.8 Å². The van der Waals surface area contributed by atoms with Crippen molar-refractivity contribution >= 4 is 0 Å². The molecular formula is C12H22N2O. The number of aromatic amines is 1. The summed E-state index contributed by atoms with van der Waals surface area (Å²) >= 11 is 0. The van der Waals surface area contributed by atoms with Gasteiger partial charge in [0.15, 0.2) is 0 Å². The maximum Gasteiger partial charge on any atom is 0.0499 e. The zero-order valence-corrected chi connectivity index (χ0v) is 9.71. The van der Waals surface area contributed by atoms with Gasteiger partial charge in [-0.05, 0) is 25.0 Å². The minimum atomic E-state index is 0.0482. The Kier molecular flexibility index (Phi) is 4.85. The molecule has 0 aliphatic carbocycles. The molecule has 1 heterocycles. The lowest BCUT2D eigenvalue weighted by molar-refractivity contribution is 0.113. The molecule has 86 valence electrons. The number of hydrogen-bond acceptors (Lipinski definition) is 2. The summed E-state index contributed by atoms with van der Waals surface area (Å²) in [6.07, 6.45) is 3.95. The summed E-state index contributed by atoms with van der Waals surface area (Å²) in [4.78, 5) is 3.15. The zero-order valence-electron chi connectivity index (χ0n) is 9.71. The van der Waals surface area contributed by atoms with Gasteiger partial charge in [-0.15, -0.1) is 0 Å². The van der Waals surface area contributed by atoms with Crippen LogP contribution in [0.25, 0.3) is 0 Å². The molecule has 0 saturated carbocycles. The Bertz CT molecular complexity index is 244. The van der Waals surface area contributed by atoms with Crippen LogP contribution in [0.5, 0.6) is 0 Å². The van der Waals surface area contributed by atoms with Gasteiger partial charge in [-0.3, -0.25) is 0 Å². The molecule has 0 aliphatic rings. The van der Waals surface area contributed by atoms with E-state index in [-0.39, 0.29) is 12.0 Å². The number of aliphatic hydroxyl groups is 1. The van der Waals surface area contributed by atoms with Gasteiger partial charge in [-0.2, -0.15) is 0 Å². The number of rotatable bonds is 7. The van der Waals surface area contributed by atoms with E-state index in [4.69, 9.17) is 0 Å². The summed E-state index contributed by atoms with van der Waals surface area (Å²) in [6, 6.07) is 4.06. The Labute approximate surface area is 91.9 Å². The molecule has 0 saturated heterocycles. The van der Waals surface area contributed by atoms with Crippen molar-refractivity contribution in [1.29, 1.82) is 0 Å². The van der Waals surface area contributed by atoms with Crippen LogP contribution in [0.4, 0.5) is 0 Å². The van der Waals surface area contributed by atoms with Crippen molar-refractivity contribution in [3.63, 3.8) is 0 Å². The molecule has 0 spiro atoms. The third-order valence-electron chi connectivity index (χ3n) is 3.31. The van der Waals surface area contributed by atoms with Gasteiger partial charge >= 0.3 is 0 Å². The van der Waals surface area contributed by atoms with E-state index < -0.39 is 0 Å². The monoisotopic (exact) mass is 210 g/mol. The van der Waals surface area contributed by atoms with Crippen LogP contribution in [0.3, 0.4) is 0 Å². The molecule has 0 unspecified atom stereocenters. The third kappa shape index (κ3) is 3.36. The number of hydrogen-bond donors (Lipinski definition) is 3. The van der Waals surface area contributed by atoms with Crippen molar-refractivity contribution in [3.05, 3.63) is 24.0 Å². The summed E-state index contributed by atoms with van der Waals surface area (Å²) in [6.45, 7) is 6.24. The lowest BCUT2D eigenvalue weighted by atomic mass is 9.83. The van der Waals surface area contributed by atoms with E-state index in [2.05, 4.69) is 30.2 Å². The quantitative estimate of drug-likeness (QED) is 0.644. The van der Waals surface area contributed by atoms with Gasteiger partial charge in [-0.25, -0.2) is 0 Å². The zero-order chi connectivity index (χ0) is 11.1. The summed E-state index contributed by atoms with van der Waals surface area (Å²) in [5, 5.41) is 12.8. The molecule has 15 heavy (non-hydrogen) atoms. The number of aliphatic hydroxyl groups excluding tert-OH is 1. The highest BCUT2D eigenvalue weighted by Crippen LogP contribution is 2.24. The van der Waals surface area contributed by atoms with Gasteiger partial charge in [0, 0.05) is 37.0 Å². The summed E-state index contributed by atoms with van der Waals surface area (Å²) in [5.41, 5.74) is 1.24. The van der Waals surface area contributed by atoms with E-state index in [1.807, 2.05) is 12.3 Å². The molecule has 0 radical (unpaired) electrons. The first-order valence-electron chi connectivity index (χ1n) is 5.70. The van der Waals surface area contributed by atoms with Crippen LogP contribution in [0, 0.1) is 5.41 Å². The third-order valence-corrected chi connectivity index (χ3v) is 3.31. The normalized spacial score (nSPS) is 11.9. The topological polar surface area (TPSA) is 48.0 Å². The van der Waals surface area contributed by atoms with Crippen molar-refractivity contribution in [2.45, 2.75) is 33.2 Å². The fourth-order valence-electron chi connectivity index (χ4n) is 1.72. The van der Waals surface area contributed by atoms with E-state index >= 15 is 0 Å². The van der Waals surface area contributed by atoms with Gasteiger partial charge in [0.25, 0.3) is 0 Å². The minimum absolute atomic E-state index is 0.0482. The van der Waals surface area contributed by atoms with Crippen LogP contribution < -0.4 is 5.32 Å². The van der Waals surface area contributed by atoms with E-state index in [1.54, 1.807) is 0 Å². The maximum atomic E-state index is 9.39. The average Bonchev–Trinajstić information content (AvgIpc) is 2.78. The molecule has 0 bridgehead atoms. The first-order valence-corrected chi connectivity index (χ1v) is 5.70. The summed E-state index contributed by atoms with van der Waals surface area (Å²) in [5.74, 6) is 0. The second-order valence-corrected chi connectivity index (χ2v) is 4.16. The maximum absolute atomic E-state index is 9.39. The lowest BCUT2D eigenvalue weighted by Gasteiger charge is -2.29. The van der Waals surface area contributed by atoms with Crippen LogP contribution in [-0.2, 0) is 6.54 Å². The van der Waals surface area contributed by atoms with Crippen LogP contribution in [0.2, 0.25) is 0 Å². The molecule has 3 N–H and O–H groups in total. The minimum Gasteiger partial charge on any atom is -0.396 e. The van der Waals surface area contributed by atoms with Gasteiger partial charge in [0.05, 0.1) is 0 Å². The smallest absolute Gasteiger partial charge is 0.0499 e. The fourth-order valence-corrected chi connectivity index (χ4v) is 1.72. The van der Waals surface area contributed by atoms with E-state index in [9.17, 15) is 5.11 Å². The van der Waals surface area contributed by atoms with Crippen LogP contribution in [-0.4, -0.2) is 23.2 Å². The predicted octanol–water partition coefficient (Wildman–Crippen LogP) is 1.90. The Morgan fingerprint density at radius 1 is 1.40 bits per heavy atom. The molecule has 1 rings (SSSR count). The van der Waals surface area contributed by atoms with Crippen molar-refractivity contribution in [1.82, 2.24) is 10.3 Å². The number of nitrogens with one attached hydrogen (secondary N) is 2. The first kappa shape index (κ1) is 12.3. The van der Waals surface area contributed by atoms with E-state index in [1.165, 1.54) is 5.69 Å². The Morgan fingerprint density at radius 3 is 2.60 bits per heavy atom. The largest absolute Gasteiger partial charge is 0.396 e. The molecule has 0 aliphatic heterocycles. The second-order valence-electron chi connectivity index (χ2n) is 4.16. The van der Waals surface area contributed by atoms with Crippen molar-refractivity contribution in [3.8, 4) is 0 Å². The van der Waals surface area contributed by atoms with Crippen LogP contribution >= 0.6 is 0 Å². The van der Waals surface area contributed by atoms with E-state index in [0.717, 1.165) is 25.9 Å². The highest BCUT2D eigenvalue weighted by molar-refractivity contribution is 5.03. The highest BCUT2D eigenvalue weighted by Gasteiger charge is 2.24. The standard InChI is InChI=1S/C12H22N2O/c1-3-12(4-2,10-15)9-13-8-11-6-5-7-14-11/h5-7,13-15H,3-4,8-10H2,1-2H3. The second kappa shape index (κ2) is 5.93. The molecule has 1 aromatic rings. The molecule has 0 fully saturated rings. The Morgan fingerprint density at radius 2 is 2.13 bits per heavy atom. The SMILES string of the molecule is CCC(CC)(CO)CNCc1ccc[nH]1. The predicted molar refractivity (Wildman–Crippen MR) is 62.6 cm³/mol. The van der Waals surface area contributed by atoms with Crippen molar-refractivity contribution in [2.75, 3.05) is 13.2 Å². The van der Waals surface area contributed by atoms with Gasteiger partial charge in [0.2, 0.25) is 0 Å². The summed E-state index contributed by atoms with van der Waals surface area (Å²) < 4.78 is 0. The fraction of sp³-hybridized carbons (Fsp3) is 0.667. The van der Waals surface area contributed by atoms with Gasteiger partial charge < -0.3 is 15.4 Å². The number of aromatic nitrogens is 1. The first-order chi connectivity index (χ1) is 7.26. The lowest BCUT2D eigenvalue weighted by Crippen LogP contribution is -2.36. The molecule has 0 aromatic carbocycles. The van der Waals surface area contributed by atoms with Crippen molar-refractivity contribution in [2.24, 2.45) is 5.41 Å². The van der Waals surface area contributed by atoms with Crippen LogP contribution in [0.1, 0.15) is 32.4 Å². The Balaban J connectivity index is 2.34. The molecule has 3 nitrogen and oxygen atoms in total. The molecule has 0 amide bonds. The molecule has 1 aromatic heterocycles. The van der Waals surface area contributed by atoms with Crippen LogP contribution in [0.15, 0.2) is 18.3 Å². The molecule has 0 atom stereocenters. The average molecular weight is 210 g/mol. The number of H-pyrrole nitrogens is 1. The molecule has 3 heteroatoms.